The Hall–Kier alpha value is -2.18. The minimum Gasteiger partial charge on any atom is -0.495 e. The topological polar surface area (TPSA) is 133 Å². The van der Waals surface area contributed by atoms with Crippen molar-refractivity contribution in [3.8, 4) is 5.75 Å². The first-order valence-corrected chi connectivity index (χ1v) is 8.11. The molecule has 8 nitrogen and oxygen atoms in total. The van der Waals surface area contributed by atoms with Crippen LogP contribution < -0.4 is 10.1 Å². The van der Waals surface area contributed by atoms with Gasteiger partial charge >= 0.3 is 20.0 Å². The van der Waals surface area contributed by atoms with Gasteiger partial charge in [-0.25, -0.2) is 0 Å². The predicted molar refractivity (Wildman–Crippen MR) is 83.1 cm³/mol. The van der Waals surface area contributed by atoms with Gasteiger partial charge in [0.05, 0.1) is 19.3 Å². The number of carboxylic acids is 2. The van der Waals surface area contributed by atoms with E-state index in [9.17, 15) is 24.2 Å². The summed E-state index contributed by atoms with van der Waals surface area (Å²) in [4.78, 5) is 31.4. The summed E-state index contributed by atoms with van der Waals surface area (Å²) in [6.07, 6.45) is -0.601. The highest BCUT2D eigenvalue weighted by molar-refractivity contribution is 7.39. The number of hydrogen-bond donors (Lipinski definition) is 4. The number of rotatable bonds is 10. The summed E-state index contributed by atoms with van der Waals surface area (Å²) in [7, 11) is -1.33. The summed E-state index contributed by atoms with van der Waals surface area (Å²) in [5.41, 5.74) is -0.564. The maximum absolute atomic E-state index is 11.5. The van der Waals surface area contributed by atoms with Crippen molar-refractivity contribution in [3.05, 3.63) is 24.3 Å². The minimum atomic E-state index is -2.80. The Kier molecular flexibility index (Phi) is 7.44. The summed E-state index contributed by atoms with van der Waals surface area (Å²) in [6.45, 7) is -0.0946. The Morgan fingerprint density at radius 2 is 1.96 bits per heavy atom. The summed E-state index contributed by atoms with van der Waals surface area (Å²) in [5.74, 6) is -3.17. The molecule has 23 heavy (non-hydrogen) atoms. The zero-order valence-corrected chi connectivity index (χ0v) is 13.4. The smallest absolute Gasteiger partial charge is 0.495 e. The number of carbonyl (C=O) groups is 2. The molecule has 3 atom stereocenters. The van der Waals surface area contributed by atoms with E-state index in [-0.39, 0.29) is 19.4 Å². The van der Waals surface area contributed by atoms with Crippen molar-refractivity contribution in [1.82, 2.24) is 0 Å². The van der Waals surface area contributed by atoms with Crippen LogP contribution in [0.2, 0.25) is 0 Å². The molecule has 0 amide bonds. The highest BCUT2D eigenvalue weighted by Gasteiger charge is 2.42. The molecule has 4 N–H and O–H groups in total. The highest BCUT2D eigenvalue weighted by Crippen LogP contribution is 2.33. The van der Waals surface area contributed by atoms with Crippen molar-refractivity contribution in [1.29, 1.82) is 0 Å². The van der Waals surface area contributed by atoms with E-state index in [2.05, 4.69) is 5.32 Å². The molecule has 126 valence electrons. The first-order valence-electron chi connectivity index (χ1n) is 6.83. The van der Waals surface area contributed by atoms with E-state index in [0.29, 0.717) is 11.4 Å². The predicted octanol–water partition coefficient (Wildman–Crippen LogP) is 1.78. The van der Waals surface area contributed by atoms with Crippen LogP contribution in [0.1, 0.15) is 12.8 Å². The Labute approximate surface area is 134 Å². The maximum atomic E-state index is 11.5. The van der Waals surface area contributed by atoms with Crippen LogP contribution in [-0.4, -0.2) is 46.4 Å². The van der Waals surface area contributed by atoms with E-state index in [4.69, 9.17) is 9.84 Å². The lowest BCUT2D eigenvalue weighted by atomic mass is 9.99. The van der Waals surface area contributed by atoms with Crippen molar-refractivity contribution < 1.29 is 34.0 Å². The van der Waals surface area contributed by atoms with Gasteiger partial charge in [0.25, 0.3) is 0 Å². The molecule has 0 heterocycles. The molecule has 3 unspecified atom stereocenters. The van der Waals surface area contributed by atoms with Gasteiger partial charge in [-0.3, -0.25) is 9.59 Å². The zero-order chi connectivity index (χ0) is 17.4. The molecule has 0 aliphatic heterocycles. The van der Waals surface area contributed by atoms with E-state index < -0.39 is 31.5 Å². The quantitative estimate of drug-likeness (QED) is 0.472. The molecule has 0 aromatic heterocycles. The molecule has 0 aliphatic rings. The number of nitrogens with one attached hydrogen (secondary N) is 1. The second-order valence-corrected chi connectivity index (χ2v) is 6.10. The first-order chi connectivity index (χ1) is 10.9. The third-order valence-electron chi connectivity index (χ3n) is 3.34. The molecule has 0 fully saturated rings. The fourth-order valence-corrected chi connectivity index (χ4v) is 2.97. The van der Waals surface area contributed by atoms with E-state index in [1.807, 2.05) is 0 Å². The Bertz CT molecular complexity index is 578. The van der Waals surface area contributed by atoms with Crippen molar-refractivity contribution in [2.24, 2.45) is 5.92 Å². The number of carboxylic acid groups (broad SMARTS) is 2. The van der Waals surface area contributed by atoms with Crippen molar-refractivity contribution in [3.63, 3.8) is 0 Å². The van der Waals surface area contributed by atoms with Gasteiger partial charge in [0.1, 0.15) is 11.7 Å². The minimum absolute atomic E-state index is 0.0946. The van der Waals surface area contributed by atoms with Gasteiger partial charge in [-0.15, -0.1) is 0 Å². The molecule has 0 saturated carbocycles. The third-order valence-corrected chi connectivity index (χ3v) is 4.45. The van der Waals surface area contributed by atoms with Gasteiger partial charge in [0.15, 0.2) is 0 Å². The highest BCUT2D eigenvalue weighted by atomic mass is 31.1. The van der Waals surface area contributed by atoms with Crippen LogP contribution >= 0.6 is 8.03 Å². The number of methoxy groups -OCH3 is 1. The number of benzene rings is 1. The van der Waals surface area contributed by atoms with Crippen LogP contribution in [0.15, 0.2) is 24.3 Å². The second-order valence-electron chi connectivity index (χ2n) is 4.83. The number of para-hydroxylation sites is 2. The zero-order valence-electron chi connectivity index (χ0n) is 12.5. The fraction of sp³-hybridized carbons (Fsp3) is 0.429. The number of ether oxygens (including phenoxy) is 1. The number of aliphatic carboxylic acids is 2. The summed E-state index contributed by atoms with van der Waals surface area (Å²) in [5, 5.41) is 20.8. The Morgan fingerprint density at radius 1 is 1.30 bits per heavy atom. The summed E-state index contributed by atoms with van der Waals surface area (Å²) < 4.78 is 16.7. The van der Waals surface area contributed by atoms with Crippen LogP contribution in [0.3, 0.4) is 0 Å². The van der Waals surface area contributed by atoms with Gasteiger partial charge in [0, 0.05) is 6.42 Å². The summed E-state index contributed by atoms with van der Waals surface area (Å²) >= 11 is 0. The molecule has 1 rings (SSSR count). The van der Waals surface area contributed by atoms with Crippen molar-refractivity contribution >= 4 is 25.7 Å². The third kappa shape index (κ3) is 5.84. The van der Waals surface area contributed by atoms with Crippen LogP contribution in [0.5, 0.6) is 5.75 Å². The number of hydrogen-bond acceptors (Lipinski definition) is 5. The van der Waals surface area contributed by atoms with Crippen molar-refractivity contribution in [2.75, 3.05) is 19.0 Å². The lowest BCUT2D eigenvalue weighted by Crippen LogP contribution is -2.32. The SMILES string of the molecule is COc1ccccc1NCC(C(CCC(=O)O)C(=O)O)[P+](=O)O. The average molecular weight is 344 g/mol. The van der Waals surface area contributed by atoms with E-state index >= 15 is 0 Å². The van der Waals surface area contributed by atoms with Gasteiger partial charge in [-0.1, -0.05) is 12.1 Å². The molecule has 1 aromatic rings. The van der Waals surface area contributed by atoms with Crippen LogP contribution in [0.25, 0.3) is 0 Å². The number of anilines is 1. The molecule has 0 bridgehead atoms. The fourth-order valence-electron chi connectivity index (χ4n) is 2.14. The van der Waals surface area contributed by atoms with E-state index in [1.54, 1.807) is 24.3 Å². The van der Waals surface area contributed by atoms with Gasteiger partial charge in [-0.2, -0.15) is 4.89 Å². The van der Waals surface area contributed by atoms with Gasteiger partial charge < -0.3 is 20.3 Å². The molecule has 0 saturated heterocycles. The lowest BCUT2D eigenvalue weighted by molar-refractivity contribution is -0.142. The van der Waals surface area contributed by atoms with Crippen molar-refractivity contribution in [2.45, 2.75) is 18.5 Å². The normalized spacial score (nSPS) is 13.7. The molecule has 0 spiro atoms. The van der Waals surface area contributed by atoms with E-state index in [0.717, 1.165) is 0 Å². The molecule has 9 heteroatoms. The van der Waals surface area contributed by atoms with E-state index in [1.165, 1.54) is 7.11 Å². The summed E-state index contributed by atoms with van der Waals surface area (Å²) in [6, 6.07) is 6.86. The molecule has 0 radical (unpaired) electrons. The molecule has 0 aliphatic carbocycles. The maximum Gasteiger partial charge on any atom is 0.511 e. The van der Waals surface area contributed by atoms with Crippen LogP contribution in [0, 0.1) is 5.92 Å². The van der Waals surface area contributed by atoms with Gasteiger partial charge in [-0.05, 0) is 23.1 Å². The molecular formula is C14H19NO7P+. The lowest BCUT2D eigenvalue weighted by Gasteiger charge is -2.16. The Morgan fingerprint density at radius 3 is 2.48 bits per heavy atom. The molecular weight excluding hydrogens is 325 g/mol. The average Bonchev–Trinajstić information content (AvgIpc) is 2.49. The molecule has 1 aromatic carbocycles. The Balaban J connectivity index is 2.85. The second kappa shape index (κ2) is 9.07. The van der Waals surface area contributed by atoms with Gasteiger partial charge in [0.2, 0.25) is 5.66 Å². The largest absolute Gasteiger partial charge is 0.511 e. The standard InChI is InChI=1S/C14H18NO7P/c1-22-11-5-3-2-4-10(11)15-8-12(23(20)21)9(14(18)19)6-7-13(16)17/h2-5,9,12,15H,6-8H2,1H3,(H2-,16,17,18,19,20,21)/p+1. The van der Waals surface area contributed by atoms with Crippen LogP contribution in [0.4, 0.5) is 5.69 Å². The monoisotopic (exact) mass is 344 g/mol. The first kappa shape index (κ1) is 18.9. The van der Waals surface area contributed by atoms with Crippen LogP contribution in [-0.2, 0) is 14.2 Å².